The molecule has 2 aliphatic carbocycles. The van der Waals surface area contributed by atoms with Crippen molar-refractivity contribution in [3.05, 3.63) is 133 Å². The maximum absolute atomic E-state index is 12.7. The highest BCUT2D eigenvalue weighted by Gasteiger charge is 2.42. The van der Waals surface area contributed by atoms with Crippen LogP contribution in [0, 0.1) is 23.7 Å². The molecule has 0 radical (unpaired) electrons. The van der Waals surface area contributed by atoms with Crippen molar-refractivity contribution in [3.8, 4) is 0 Å². The minimum absolute atomic E-state index is 0.0365. The second-order valence-electron chi connectivity index (χ2n) is 11.1. The van der Waals surface area contributed by atoms with Gasteiger partial charge in [0.1, 0.15) is 0 Å². The van der Waals surface area contributed by atoms with Crippen molar-refractivity contribution in [2.45, 2.75) is 63.9 Å². The number of carbonyl (C=O) groups excluding carboxylic acids is 1. The molecule has 0 saturated heterocycles. The number of hydrogen-bond acceptors (Lipinski definition) is 4. The molecule has 3 rings (SSSR count). The number of carbonyl (C=O) groups is 1. The first kappa shape index (κ1) is 33.0. The van der Waals surface area contributed by atoms with Crippen LogP contribution in [0.1, 0.15) is 39.5 Å². The Hall–Kier alpha value is -3.51. The number of aliphatic hydroxyl groups excluding tert-OH is 3. The average molecular weight is 570 g/mol. The van der Waals surface area contributed by atoms with Crippen LogP contribution in [0.3, 0.4) is 0 Å². The Kier molecular flexibility index (Phi) is 14.2. The van der Waals surface area contributed by atoms with Crippen molar-refractivity contribution in [2.75, 3.05) is 0 Å². The fourth-order valence-corrected chi connectivity index (χ4v) is 5.70. The van der Waals surface area contributed by atoms with E-state index in [9.17, 15) is 20.1 Å². The molecule has 0 aromatic carbocycles. The van der Waals surface area contributed by atoms with Crippen molar-refractivity contribution in [1.82, 2.24) is 5.32 Å². The number of rotatable bonds is 1. The topological polar surface area (TPSA) is 89.8 Å². The highest BCUT2D eigenvalue weighted by atomic mass is 16.3. The quantitative estimate of drug-likeness (QED) is 0.285. The largest absolute Gasteiger partial charge is 0.393 e. The smallest absolute Gasteiger partial charge is 0.247 e. The summed E-state index contributed by atoms with van der Waals surface area (Å²) in [6.45, 7) is 3.74. The van der Waals surface area contributed by atoms with Crippen LogP contribution in [-0.4, -0.2) is 45.6 Å². The van der Waals surface area contributed by atoms with E-state index in [4.69, 9.17) is 0 Å². The molecule has 2 unspecified atom stereocenters. The normalized spacial score (nSPS) is 40.7. The monoisotopic (exact) mass is 569 g/mol. The fraction of sp³-hybridized carbons (Fsp3) is 0.378. The molecule has 5 heteroatoms. The van der Waals surface area contributed by atoms with Gasteiger partial charge in [0, 0.05) is 11.5 Å². The van der Waals surface area contributed by atoms with Crippen LogP contribution in [-0.2, 0) is 4.79 Å². The molecule has 1 aliphatic heterocycles. The van der Waals surface area contributed by atoms with Crippen molar-refractivity contribution in [2.24, 2.45) is 23.7 Å². The first-order valence-electron chi connectivity index (χ1n) is 15.1. The van der Waals surface area contributed by atoms with Gasteiger partial charge in [-0.1, -0.05) is 128 Å². The number of hydrogen-bond donors (Lipinski definition) is 4. The van der Waals surface area contributed by atoms with Crippen LogP contribution >= 0.6 is 0 Å². The van der Waals surface area contributed by atoms with Gasteiger partial charge in [-0.25, -0.2) is 0 Å². The molecule has 1 saturated carbocycles. The highest BCUT2D eigenvalue weighted by molar-refractivity contribution is 5.93. The predicted octanol–water partition coefficient (Wildman–Crippen LogP) is 6.15. The van der Waals surface area contributed by atoms with Crippen molar-refractivity contribution in [1.29, 1.82) is 0 Å². The third kappa shape index (κ3) is 11.1. The zero-order valence-corrected chi connectivity index (χ0v) is 24.8. The number of amides is 1. The van der Waals surface area contributed by atoms with Crippen molar-refractivity contribution < 1.29 is 20.1 Å². The van der Waals surface area contributed by atoms with E-state index in [1.54, 1.807) is 19.1 Å². The molecule has 3 aliphatic rings. The van der Waals surface area contributed by atoms with Gasteiger partial charge in [0.15, 0.2) is 0 Å². The Morgan fingerprint density at radius 1 is 0.762 bits per heavy atom. The van der Waals surface area contributed by atoms with Gasteiger partial charge in [-0.15, -0.1) is 0 Å². The van der Waals surface area contributed by atoms with Gasteiger partial charge >= 0.3 is 0 Å². The Bertz CT molecular complexity index is 1190. The van der Waals surface area contributed by atoms with E-state index in [1.165, 1.54) is 0 Å². The summed E-state index contributed by atoms with van der Waals surface area (Å²) in [6, 6.07) is -0.103. The van der Waals surface area contributed by atoms with Crippen LogP contribution in [0.2, 0.25) is 0 Å². The molecule has 42 heavy (non-hydrogen) atoms. The summed E-state index contributed by atoms with van der Waals surface area (Å²) >= 11 is 0. The van der Waals surface area contributed by atoms with Crippen molar-refractivity contribution in [3.63, 3.8) is 0 Å². The lowest BCUT2D eigenvalue weighted by Gasteiger charge is -2.44. The zero-order chi connectivity index (χ0) is 30.2. The molecule has 224 valence electrons. The first-order valence-corrected chi connectivity index (χ1v) is 15.1. The third-order valence-corrected chi connectivity index (χ3v) is 7.84. The Morgan fingerprint density at radius 2 is 1.43 bits per heavy atom. The van der Waals surface area contributed by atoms with Crippen molar-refractivity contribution >= 4 is 5.91 Å². The third-order valence-electron chi connectivity index (χ3n) is 7.84. The molecule has 1 fully saturated rings. The lowest BCUT2D eigenvalue weighted by Crippen LogP contribution is -2.45. The fourth-order valence-electron chi connectivity index (χ4n) is 5.70. The van der Waals surface area contributed by atoms with Gasteiger partial charge in [-0.05, 0) is 57.3 Å². The van der Waals surface area contributed by atoms with E-state index < -0.39 is 18.3 Å². The molecule has 1 heterocycles. The van der Waals surface area contributed by atoms with Crippen LogP contribution in [0.15, 0.2) is 133 Å². The van der Waals surface area contributed by atoms with Gasteiger partial charge < -0.3 is 20.6 Å². The van der Waals surface area contributed by atoms with Crippen LogP contribution in [0.5, 0.6) is 0 Å². The van der Waals surface area contributed by atoms with E-state index in [0.29, 0.717) is 31.3 Å². The van der Waals surface area contributed by atoms with E-state index in [0.717, 1.165) is 0 Å². The first-order chi connectivity index (χ1) is 20.4. The molecule has 0 aromatic heterocycles. The molecule has 4 N–H and O–H groups in total. The van der Waals surface area contributed by atoms with Gasteiger partial charge in [-0.2, -0.15) is 0 Å². The summed E-state index contributed by atoms with van der Waals surface area (Å²) in [5.74, 6) is 0.264. The van der Waals surface area contributed by atoms with Gasteiger partial charge in [0.2, 0.25) is 5.91 Å². The van der Waals surface area contributed by atoms with E-state index in [-0.39, 0.29) is 35.6 Å². The molecule has 0 spiro atoms. The summed E-state index contributed by atoms with van der Waals surface area (Å²) in [6.07, 6.45) is 41.8. The van der Waals surface area contributed by atoms with Crippen LogP contribution < -0.4 is 5.32 Å². The van der Waals surface area contributed by atoms with Gasteiger partial charge in [-0.3, -0.25) is 4.79 Å². The van der Waals surface area contributed by atoms with E-state index >= 15 is 0 Å². The molecular weight excluding hydrogens is 522 g/mol. The predicted molar refractivity (Wildman–Crippen MR) is 173 cm³/mol. The summed E-state index contributed by atoms with van der Waals surface area (Å²) in [5.41, 5.74) is 0.625. The molecule has 0 bridgehead atoms. The van der Waals surface area contributed by atoms with E-state index in [1.807, 2.05) is 98.1 Å². The number of nitrogens with one attached hydrogen (secondary N) is 1. The Balaban J connectivity index is 1.81. The summed E-state index contributed by atoms with van der Waals surface area (Å²) in [7, 11) is 0. The summed E-state index contributed by atoms with van der Waals surface area (Å²) in [5, 5.41) is 34.5. The lowest BCUT2D eigenvalue weighted by atomic mass is 9.63. The Labute approximate surface area is 251 Å². The summed E-state index contributed by atoms with van der Waals surface area (Å²) < 4.78 is 0. The number of aliphatic hydroxyl groups is 3. The van der Waals surface area contributed by atoms with E-state index in [2.05, 4.69) is 29.6 Å². The van der Waals surface area contributed by atoms with Gasteiger partial charge in [0.25, 0.3) is 0 Å². The molecular formula is C37H47NO4. The molecule has 0 aromatic rings. The lowest BCUT2D eigenvalue weighted by molar-refractivity contribution is -0.117. The number of fused-ring (bicyclic) bond motifs is 3. The highest BCUT2D eigenvalue weighted by Crippen LogP contribution is 2.44. The SMILES string of the molecule is C/C=C/C1C\C=C/C=C/C=C\[C@H](O)C/C=C/C=C/[C@@H]2[C@H]3[C@H](C=C[C@H]2\C=C/C=C/C=C/C=C(\C)C(=O)N1)CC(O)C[C@@H]3O. The molecule has 8 atom stereocenters. The average Bonchev–Trinajstić information content (AvgIpc) is 2.95. The molecule has 5 nitrogen and oxygen atoms in total. The van der Waals surface area contributed by atoms with Gasteiger partial charge in [0.05, 0.1) is 24.4 Å². The number of allylic oxidation sites excluding steroid dienone is 17. The second kappa shape index (κ2) is 18.1. The Morgan fingerprint density at radius 3 is 2.24 bits per heavy atom. The standard InChI is InChI=1S/C37H47NO4/c1-3-17-31-20-13-8-5-9-14-21-32(39)22-15-10-16-23-34-29(24-25-30-26-33(40)27-35(41)36(30)34)19-12-7-4-6-11-18-28(2)37(42)38-31/h3-19,21,23-25,29-36,39-41H,20,22,26-27H2,1-2H3,(H,38,42)/b7-4+,9-5+,11-6+,13-8-,15-10+,17-3+,19-12-,21-14-,23-16+,28-18+/t29-,30-,31?,32+,33?,34+,35+,36-/m1/s1. The zero-order valence-electron chi connectivity index (χ0n) is 24.8. The molecule has 1 amide bonds. The second-order valence-corrected chi connectivity index (χ2v) is 11.1. The maximum Gasteiger partial charge on any atom is 0.247 e. The minimum Gasteiger partial charge on any atom is -0.393 e. The maximum atomic E-state index is 12.7. The van der Waals surface area contributed by atoms with Crippen LogP contribution in [0.25, 0.3) is 0 Å². The minimum atomic E-state index is -0.590. The van der Waals surface area contributed by atoms with Crippen LogP contribution in [0.4, 0.5) is 0 Å². The summed E-state index contributed by atoms with van der Waals surface area (Å²) in [4.78, 5) is 12.7.